The third kappa shape index (κ3) is 2.18. The summed E-state index contributed by atoms with van der Waals surface area (Å²) in [5.41, 5.74) is 6.16. The molecule has 17 heavy (non-hydrogen) atoms. The summed E-state index contributed by atoms with van der Waals surface area (Å²) >= 11 is 7.71. The van der Waals surface area contributed by atoms with Crippen LogP contribution in [0.4, 0.5) is 0 Å². The third-order valence-electron chi connectivity index (χ3n) is 2.57. The molecule has 8 heteroatoms. The van der Waals surface area contributed by atoms with Crippen LogP contribution < -0.4 is 5.73 Å². The summed E-state index contributed by atoms with van der Waals surface area (Å²) in [6, 6.07) is -1.56. The lowest BCUT2D eigenvalue weighted by Gasteiger charge is -2.49. The number of carbonyl (C=O) groups is 2. The maximum absolute atomic E-state index is 11.6. The minimum atomic E-state index is -1.06. The van der Waals surface area contributed by atoms with Gasteiger partial charge < -0.3 is 15.7 Å². The Kier molecular flexibility index (Phi) is 3.67. The summed E-state index contributed by atoms with van der Waals surface area (Å²) in [5, 5.41) is 10.7. The summed E-state index contributed by atoms with van der Waals surface area (Å²) in [6.45, 7) is 0. The summed E-state index contributed by atoms with van der Waals surface area (Å²) in [6.07, 6.45) is 1.62. The van der Waals surface area contributed by atoms with Crippen LogP contribution in [-0.4, -0.2) is 39.3 Å². The topological polar surface area (TPSA) is 83.6 Å². The van der Waals surface area contributed by atoms with Crippen molar-refractivity contribution < 1.29 is 14.7 Å². The Morgan fingerprint density at radius 2 is 2.24 bits per heavy atom. The molecule has 2 aliphatic rings. The number of amides is 1. The highest BCUT2D eigenvalue weighted by Crippen LogP contribution is 2.40. The van der Waals surface area contributed by atoms with E-state index in [1.807, 2.05) is 0 Å². The number of carboxylic acids is 1. The van der Waals surface area contributed by atoms with E-state index < -0.39 is 18.1 Å². The molecule has 0 saturated carbocycles. The maximum Gasteiger partial charge on any atom is 0.331 e. The fourth-order valence-corrected chi connectivity index (χ4v) is 3.47. The molecule has 0 radical (unpaired) electrons. The lowest BCUT2D eigenvalue weighted by atomic mass is 9.99. The fourth-order valence-electron chi connectivity index (χ4n) is 1.81. The molecule has 0 bridgehead atoms. The molecule has 2 aliphatic heterocycles. The van der Waals surface area contributed by atoms with Crippen molar-refractivity contribution >= 4 is 55.5 Å². The number of nitrogens with zero attached hydrogens (tertiary/aromatic N) is 1. The van der Waals surface area contributed by atoms with Crippen molar-refractivity contribution in [3.05, 3.63) is 20.4 Å². The van der Waals surface area contributed by atoms with E-state index in [9.17, 15) is 14.7 Å². The van der Waals surface area contributed by atoms with Gasteiger partial charge in [-0.15, -0.1) is 11.8 Å². The average Bonchev–Trinajstić information content (AvgIpc) is 2.26. The van der Waals surface area contributed by atoms with Crippen LogP contribution in [0.3, 0.4) is 0 Å². The predicted octanol–water partition coefficient (Wildman–Crippen LogP) is 1.20. The molecule has 0 aromatic rings. The van der Waals surface area contributed by atoms with Crippen LogP contribution in [0, 0.1) is 0 Å². The van der Waals surface area contributed by atoms with Crippen molar-refractivity contribution in [3.8, 4) is 0 Å². The Bertz CT molecular complexity index is 448. The van der Waals surface area contributed by atoms with Crippen LogP contribution in [-0.2, 0) is 9.59 Å². The molecule has 1 amide bonds. The van der Waals surface area contributed by atoms with Crippen LogP contribution in [0.15, 0.2) is 20.4 Å². The molecule has 1 fully saturated rings. The van der Waals surface area contributed by atoms with E-state index in [0.29, 0.717) is 8.96 Å². The van der Waals surface area contributed by atoms with Gasteiger partial charge in [-0.1, -0.05) is 0 Å². The van der Waals surface area contributed by atoms with Crippen molar-refractivity contribution in [1.82, 2.24) is 4.90 Å². The van der Waals surface area contributed by atoms with Crippen LogP contribution in [0.2, 0.25) is 0 Å². The second-order valence-electron chi connectivity index (χ2n) is 3.59. The van der Waals surface area contributed by atoms with Crippen LogP contribution in [0.5, 0.6) is 0 Å². The normalized spacial score (nSPS) is 31.2. The zero-order chi connectivity index (χ0) is 12.7. The number of halogens is 2. The first-order valence-electron chi connectivity index (χ1n) is 4.62. The van der Waals surface area contributed by atoms with Crippen LogP contribution in [0.25, 0.3) is 0 Å². The van der Waals surface area contributed by atoms with Gasteiger partial charge in [-0.3, -0.25) is 4.79 Å². The van der Waals surface area contributed by atoms with Crippen LogP contribution in [0.1, 0.15) is 0 Å². The molecule has 5 nitrogen and oxygen atoms in total. The van der Waals surface area contributed by atoms with Gasteiger partial charge in [-0.05, 0) is 48.9 Å². The molecule has 0 aliphatic carbocycles. The van der Waals surface area contributed by atoms with Gasteiger partial charge in [-0.25, -0.2) is 4.79 Å². The molecular formula is C9H8Br2N2O3S. The number of hydrogen-bond donors (Lipinski definition) is 2. The monoisotopic (exact) mass is 382 g/mol. The number of nitrogens with two attached hydrogens (primary N) is 1. The zero-order valence-electron chi connectivity index (χ0n) is 8.34. The van der Waals surface area contributed by atoms with Gasteiger partial charge in [0.05, 0.1) is 3.39 Å². The van der Waals surface area contributed by atoms with E-state index in [2.05, 4.69) is 31.9 Å². The third-order valence-corrected chi connectivity index (χ3v) is 4.23. The molecule has 0 aromatic carbocycles. The zero-order valence-corrected chi connectivity index (χ0v) is 12.3. The number of β-lactam (4-membered cyclic amide) rings is 1. The maximum atomic E-state index is 11.6. The highest BCUT2D eigenvalue weighted by atomic mass is 79.9. The Morgan fingerprint density at radius 1 is 1.59 bits per heavy atom. The summed E-state index contributed by atoms with van der Waals surface area (Å²) in [5.74, 6) is -1.38. The molecule has 92 valence electrons. The lowest BCUT2D eigenvalue weighted by molar-refractivity contribution is -0.157. The average molecular weight is 384 g/mol. The van der Waals surface area contributed by atoms with Gasteiger partial charge in [-0.2, -0.15) is 0 Å². The van der Waals surface area contributed by atoms with E-state index >= 15 is 0 Å². The van der Waals surface area contributed by atoms with E-state index in [-0.39, 0.29) is 11.3 Å². The Labute approximate surface area is 118 Å². The van der Waals surface area contributed by atoms with E-state index in [0.717, 1.165) is 0 Å². The SMILES string of the molecule is NC1C(=O)N2C(C(=O)O)C(C=C(Br)Br)=CS[C@@H]12. The Morgan fingerprint density at radius 3 is 2.76 bits per heavy atom. The molecule has 2 rings (SSSR count). The second-order valence-corrected chi connectivity index (χ2v) is 7.35. The molecule has 2 heterocycles. The van der Waals surface area contributed by atoms with Crippen molar-refractivity contribution in [2.24, 2.45) is 5.73 Å². The number of fused-ring (bicyclic) bond motifs is 1. The van der Waals surface area contributed by atoms with Gasteiger partial charge in [0.25, 0.3) is 0 Å². The molecule has 0 spiro atoms. The summed E-state index contributed by atoms with van der Waals surface area (Å²) in [7, 11) is 0. The molecule has 3 N–H and O–H groups in total. The van der Waals surface area contributed by atoms with E-state index in [1.54, 1.807) is 11.5 Å². The first-order valence-corrected chi connectivity index (χ1v) is 7.15. The van der Waals surface area contributed by atoms with Crippen LogP contribution >= 0.6 is 43.6 Å². The molecule has 0 aromatic heterocycles. The van der Waals surface area contributed by atoms with Gasteiger partial charge in [0.1, 0.15) is 11.4 Å². The standard InChI is InChI=1S/C9H8Br2N2O3S/c10-4(11)1-3-2-17-8-5(12)7(14)13(8)6(3)9(15)16/h1-2,5-6,8H,12H2,(H,15,16)/t5?,6?,8-/m0/s1. The van der Waals surface area contributed by atoms with Gasteiger partial charge in [0.15, 0.2) is 6.04 Å². The summed E-state index contributed by atoms with van der Waals surface area (Å²) < 4.78 is 0.624. The van der Waals surface area contributed by atoms with Gasteiger partial charge >= 0.3 is 5.97 Å². The number of hydrogen-bond acceptors (Lipinski definition) is 4. The van der Waals surface area contributed by atoms with Crippen molar-refractivity contribution in [2.45, 2.75) is 17.5 Å². The molecule has 3 atom stereocenters. The first kappa shape index (κ1) is 13.1. The number of rotatable bonds is 2. The van der Waals surface area contributed by atoms with E-state index in [1.165, 1.54) is 16.7 Å². The summed E-state index contributed by atoms with van der Waals surface area (Å²) in [4.78, 5) is 24.2. The number of aliphatic carboxylic acids is 1. The molecular weight excluding hydrogens is 376 g/mol. The Balaban J connectivity index is 2.35. The number of carbonyl (C=O) groups excluding carboxylic acids is 1. The number of carboxylic acid groups (broad SMARTS) is 1. The predicted molar refractivity (Wildman–Crippen MR) is 71.6 cm³/mol. The van der Waals surface area contributed by atoms with Crippen molar-refractivity contribution in [2.75, 3.05) is 0 Å². The van der Waals surface area contributed by atoms with Gasteiger partial charge in [0.2, 0.25) is 5.91 Å². The fraction of sp³-hybridized carbons (Fsp3) is 0.333. The highest BCUT2D eigenvalue weighted by molar-refractivity contribution is 9.28. The number of thioether (sulfide) groups is 1. The molecule has 1 saturated heterocycles. The minimum absolute atomic E-state index is 0.269. The quantitative estimate of drug-likeness (QED) is 0.700. The largest absolute Gasteiger partial charge is 0.479 e. The smallest absolute Gasteiger partial charge is 0.331 e. The molecule has 2 unspecified atom stereocenters. The highest BCUT2D eigenvalue weighted by Gasteiger charge is 2.53. The van der Waals surface area contributed by atoms with E-state index in [4.69, 9.17) is 5.73 Å². The van der Waals surface area contributed by atoms with Crippen molar-refractivity contribution in [1.29, 1.82) is 0 Å². The first-order chi connectivity index (χ1) is 7.93. The lowest BCUT2D eigenvalue weighted by Crippen LogP contribution is -2.72. The second kappa shape index (κ2) is 4.75. The van der Waals surface area contributed by atoms with Crippen molar-refractivity contribution in [3.63, 3.8) is 0 Å². The minimum Gasteiger partial charge on any atom is -0.479 e. The van der Waals surface area contributed by atoms with Gasteiger partial charge in [0, 0.05) is 0 Å². The Hall–Kier alpha value is -0.310.